The predicted molar refractivity (Wildman–Crippen MR) is 67.0 cm³/mol. The van der Waals surface area contributed by atoms with E-state index in [1.807, 2.05) is 0 Å². The Morgan fingerprint density at radius 3 is 2.79 bits per heavy atom. The standard InChI is InChI=1S/C11H14N2O5S/c1-5(14)18-3-6-4-19-10-11(2,12)9(17)13(10)7(6)8(15)16/h10H,3-4,12H2,1-2H3,(H,15,16)/t10-,11?/m1/s1. The fourth-order valence-electron chi connectivity index (χ4n) is 2.11. The second-order valence-corrected chi connectivity index (χ2v) is 5.73. The van der Waals surface area contributed by atoms with Crippen molar-refractivity contribution in [3.63, 3.8) is 0 Å². The largest absolute Gasteiger partial charge is 0.477 e. The lowest BCUT2D eigenvalue weighted by atomic mass is 9.90. The van der Waals surface area contributed by atoms with Gasteiger partial charge in [-0.1, -0.05) is 0 Å². The van der Waals surface area contributed by atoms with E-state index in [1.165, 1.54) is 23.6 Å². The van der Waals surface area contributed by atoms with Crippen LogP contribution >= 0.6 is 11.8 Å². The molecule has 2 aliphatic rings. The van der Waals surface area contributed by atoms with E-state index in [0.29, 0.717) is 11.3 Å². The molecule has 2 aliphatic heterocycles. The monoisotopic (exact) mass is 286 g/mol. The molecular weight excluding hydrogens is 272 g/mol. The van der Waals surface area contributed by atoms with Crippen LogP contribution in [0.25, 0.3) is 0 Å². The molecule has 1 unspecified atom stereocenters. The number of ether oxygens (including phenoxy) is 1. The molecule has 0 radical (unpaired) electrons. The summed E-state index contributed by atoms with van der Waals surface area (Å²) < 4.78 is 4.81. The minimum atomic E-state index is -1.21. The molecule has 0 saturated carbocycles. The van der Waals surface area contributed by atoms with Crippen LogP contribution in [0.3, 0.4) is 0 Å². The van der Waals surface area contributed by atoms with Crippen LogP contribution in [0.5, 0.6) is 0 Å². The summed E-state index contributed by atoms with van der Waals surface area (Å²) in [6, 6.07) is 0. The Morgan fingerprint density at radius 2 is 2.26 bits per heavy atom. The molecule has 3 N–H and O–H groups in total. The lowest BCUT2D eigenvalue weighted by Crippen LogP contribution is -2.76. The highest BCUT2D eigenvalue weighted by molar-refractivity contribution is 8.00. The first-order valence-electron chi connectivity index (χ1n) is 5.59. The minimum Gasteiger partial charge on any atom is -0.477 e. The zero-order chi connectivity index (χ0) is 14.4. The first kappa shape index (κ1) is 13.9. The first-order chi connectivity index (χ1) is 8.76. The number of amides is 1. The molecular formula is C11H14N2O5S. The van der Waals surface area contributed by atoms with Gasteiger partial charge in [0, 0.05) is 18.2 Å². The molecule has 0 bridgehead atoms. The van der Waals surface area contributed by atoms with Crippen molar-refractivity contribution in [1.29, 1.82) is 0 Å². The van der Waals surface area contributed by atoms with E-state index in [0.717, 1.165) is 0 Å². The maximum Gasteiger partial charge on any atom is 0.352 e. The van der Waals surface area contributed by atoms with Crippen molar-refractivity contribution in [3.05, 3.63) is 11.3 Å². The molecule has 1 amide bonds. The molecule has 19 heavy (non-hydrogen) atoms. The number of fused-ring (bicyclic) bond motifs is 1. The number of β-lactam (4-membered cyclic amide) rings is 1. The summed E-state index contributed by atoms with van der Waals surface area (Å²) in [5, 5.41) is 8.86. The summed E-state index contributed by atoms with van der Waals surface area (Å²) in [6.07, 6.45) is 0. The van der Waals surface area contributed by atoms with Crippen molar-refractivity contribution in [2.24, 2.45) is 5.73 Å². The van der Waals surface area contributed by atoms with Crippen LogP contribution in [0, 0.1) is 0 Å². The van der Waals surface area contributed by atoms with E-state index in [1.54, 1.807) is 6.92 Å². The second-order valence-electron chi connectivity index (χ2n) is 4.66. The Labute approximate surface area is 113 Å². The maximum atomic E-state index is 11.9. The number of carbonyl (C=O) groups is 3. The number of carboxylic acids is 1. The Hall–Kier alpha value is -1.54. The molecule has 1 fully saturated rings. The van der Waals surface area contributed by atoms with Crippen LogP contribution in [-0.4, -0.2) is 51.1 Å². The highest BCUT2D eigenvalue weighted by Crippen LogP contribution is 2.44. The maximum absolute atomic E-state index is 11.9. The number of hydrogen-bond donors (Lipinski definition) is 2. The molecule has 0 spiro atoms. The number of nitrogens with zero attached hydrogens (tertiary/aromatic N) is 1. The van der Waals surface area contributed by atoms with Gasteiger partial charge in [0.05, 0.1) is 0 Å². The molecule has 2 rings (SSSR count). The molecule has 0 aromatic heterocycles. The zero-order valence-corrected chi connectivity index (χ0v) is 11.3. The van der Waals surface area contributed by atoms with Gasteiger partial charge < -0.3 is 15.6 Å². The number of carbonyl (C=O) groups excluding carboxylic acids is 2. The van der Waals surface area contributed by atoms with Crippen molar-refractivity contribution >= 4 is 29.6 Å². The van der Waals surface area contributed by atoms with Crippen molar-refractivity contribution in [2.75, 3.05) is 12.4 Å². The van der Waals surface area contributed by atoms with Gasteiger partial charge in [0.15, 0.2) is 0 Å². The Balaban J connectivity index is 2.30. The van der Waals surface area contributed by atoms with Crippen LogP contribution in [-0.2, 0) is 19.1 Å². The molecule has 0 aromatic carbocycles. The van der Waals surface area contributed by atoms with Gasteiger partial charge in [-0.2, -0.15) is 0 Å². The highest BCUT2D eigenvalue weighted by atomic mass is 32.2. The summed E-state index contributed by atoms with van der Waals surface area (Å²) in [6.45, 7) is 2.70. The van der Waals surface area contributed by atoms with Crippen molar-refractivity contribution in [2.45, 2.75) is 24.8 Å². The van der Waals surface area contributed by atoms with Gasteiger partial charge in [-0.15, -0.1) is 11.8 Å². The summed E-state index contributed by atoms with van der Waals surface area (Å²) in [5.41, 5.74) is 5.09. The van der Waals surface area contributed by atoms with Gasteiger partial charge in [0.2, 0.25) is 0 Å². The average molecular weight is 286 g/mol. The van der Waals surface area contributed by atoms with Crippen molar-refractivity contribution in [1.82, 2.24) is 4.90 Å². The van der Waals surface area contributed by atoms with E-state index in [-0.39, 0.29) is 17.7 Å². The smallest absolute Gasteiger partial charge is 0.352 e. The summed E-state index contributed by atoms with van der Waals surface area (Å²) in [7, 11) is 0. The third-order valence-corrected chi connectivity index (χ3v) is 4.60. The van der Waals surface area contributed by atoms with Gasteiger partial charge in [-0.3, -0.25) is 14.5 Å². The Kier molecular flexibility index (Phi) is 3.31. The van der Waals surface area contributed by atoms with E-state index < -0.39 is 23.4 Å². The van der Waals surface area contributed by atoms with E-state index in [4.69, 9.17) is 10.5 Å². The molecule has 2 atom stereocenters. The third kappa shape index (κ3) is 2.10. The molecule has 8 heteroatoms. The second kappa shape index (κ2) is 4.53. The summed E-state index contributed by atoms with van der Waals surface area (Å²) >= 11 is 1.37. The summed E-state index contributed by atoms with van der Waals surface area (Å²) in [4.78, 5) is 35.2. The number of carboxylic acid groups (broad SMARTS) is 1. The number of hydrogen-bond acceptors (Lipinski definition) is 6. The average Bonchev–Trinajstić information content (AvgIpc) is 2.34. The molecule has 1 saturated heterocycles. The predicted octanol–water partition coefficient (Wildman–Crippen LogP) is -0.479. The topological polar surface area (TPSA) is 110 Å². The minimum absolute atomic E-state index is 0.113. The van der Waals surface area contributed by atoms with Crippen LogP contribution < -0.4 is 5.73 Å². The molecule has 7 nitrogen and oxygen atoms in total. The summed E-state index contributed by atoms with van der Waals surface area (Å²) in [5.74, 6) is -1.77. The van der Waals surface area contributed by atoms with Crippen LogP contribution in [0.1, 0.15) is 13.8 Å². The van der Waals surface area contributed by atoms with Gasteiger partial charge >= 0.3 is 11.9 Å². The number of rotatable bonds is 3. The Morgan fingerprint density at radius 1 is 1.63 bits per heavy atom. The third-order valence-electron chi connectivity index (χ3n) is 3.07. The lowest BCUT2D eigenvalue weighted by molar-refractivity contribution is -0.153. The van der Waals surface area contributed by atoms with E-state index in [9.17, 15) is 19.5 Å². The number of aliphatic carboxylic acids is 1. The number of nitrogens with two attached hydrogens (primary N) is 1. The van der Waals surface area contributed by atoms with Gasteiger partial charge in [0.25, 0.3) is 5.91 Å². The fraction of sp³-hybridized carbons (Fsp3) is 0.545. The van der Waals surface area contributed by atoms with Crippen LogP contribution in [0.4, 0.5) is 0 Å². The highest BCUT2D eigenvalue weighted by Gasteiger charge is 2.59. The van der Waals surface area contributed by atoms with E-state index >= 15 is 0 Å². The van der Waals surface area contributed by atoms with E-state index in [2.05, 4.69) is 0 Å². The zero-order valence-electron chi connectivity index (χ0n) is 10.5. The molecule has 0 aromatic rings. The quantitative estimate of drug-likeness (QED) is 0.532. The van der Waals surface area contributed by atoms with Crippen LogP contribution in [0.2, 0.25) is 0 Å². The van der Waals surface area contributed by atoms with Crippen LogP contribution in [0.15, 0.2) is 11.3 Å². The molecule has 104 valence electrons. The number of thioether (sulfide) groups is 1. The fourth-order valence-corrected chi connectivity index (χ4v) is 3.49. The van der Waals surface area contributed by atoms with Gasteiger partial charge in [-0.05, 0) is 6.92 Å². The number of esters is 1. The van der Waals surface area contributed by atoms with Crippen molar-refractivity contribution < 1.29 is 24.2 Å². The SMILES string of the molecule is CC(=O)OCC1=C(C(=O)O)N2C(=O)C(C)(N)[C@H]2SC1. The van der Waals surface area contributed by atoms with Crippen molar-refractivity contribution in [3.8, 4) is 0 Å². The molecule has 2 heterocycles. The van der Waals surface area contributed by atoms with Gasteiger partial charge in [-0.25, -0.2) is 4.79 Å². The lowest BCUT2D eigenvalue weighted by Gasteiger charge is -2.54. The molecule has 0 aliphatic carbocycles. The van der Waals surface area contributed by atoms with Gasteiger partial charge in [0.1, 0.15) is 23.2 Å². The first-order valence-corrected chi connectivity index (χ1v) is 6.64. The normalized spacial score (nSPS) is 29.7. The Bertz CT molecular complexity index is 499.